The highest BCUT2D eigenvalue weighted by Gasteiger charge is 2.24. The Morgan fingerprint density at radius 2 is 1.94 bits per heavy atom. The van der Waals surface area contributed by atoms with Gasteiger partial charge in [-0.3, -0.25) is 0 Å². The minimum absolute atomic E-state index is 0.102. The standard InChI is InChI=1S/C17H25F/c1-3-14-7-9-16(10-8-14)13(2)11-15-5-4-6-17(18)12-15/h4-6,12-14,16H,3,7-11H2,1-2H3. The second-order valence-electron chi connectivity index (χ2n) is 6.00. The van der Waals surface area contributed by atoms with Crippen molar-refractivity contribution < 1.29 is 4.39 Å². The van der Waals surface area contributed by atoms with Gasteiger partial charge in [0.05, 0.1) is 0 Å². The van der Waals surface area contributed by atoms with E-state index >= 15 is 0 Å². The molecule has 1 heteroatoms. The molecule has 100 valence electrons. The van der Waals surface area contributed by atoms with E-state index in [1.54, 1.807) is 6.07 Å². The highest BCUT2D eigenvalue weighted by Crippen LogP contribution is 2.35. The van der Waals surface area contributed by atoms with Crippen LogP contribution in [0.2, 0.25) is 0 Å². The Labute approximate surface area is 111 Å². The third-order valence-electron chi connectivity index (χ3n) is 4.72. The van der Waals surface area contributed by atoms with Crippen LogP contribution in [-0.2, 0) is 6.42 Å². The van der Waals surface area contributed by atoms with Crippen molar-refractivity contribution in [3.63, 3.8) is 0 Å². The van der Waals surface area contributed by atoms with Crippen LogP contribution in [0.15, 0.2) is 24.3 Å². The number of benzene rings is 1. The fourth-order valence-corrected chi connectivity index (χ4v) is 3.37. The molecule has 1 unspecified atom stereocenters. The Hall–Kier alpha value is -0.850. The molecule has 0 N–H and O–H groups in total. The fraction of sp³-hybridized carbons (Fsp3) is 0.647. The second-order valence-corrected chi connectivity index (χ2v) is 6.00. The first-order chi connectivity index (χ1) is 8.69. The lowest BCUT2D eigenvalue weighted by Gasteiger charge is -2.32. The molecule has 1 aromatic carbocycles. The van der Waals surface area contributed by atoms with Crippen molar-refractivity contribution >= 4 is 0 Å². The summed E-state index contributed by atoms with van der Waals surface area (Å²) in [6.07, 6.45) is 7.90. The van der Waals surface area contributed by atoms with Gasteiger partial charge in [-0.05, 0) is 54.7 Å². The molecule has 0 bridgehead atoms. The van der Waals surface area contributed by atoms with Crippen LogP contribution >= 0.6 is 0 Å². The van der Waals surface area contributed by atoms with E-state index in [4.69, 9.17) is 0 Å². The maximum atomic E-state index is 13.2. The molecule has 1 saturated carbocycles. The van der Waals surface area contributed by atoms with Gasteiger partial charge in [0.1, 0.15) is 5.82 Å². The average Bonchev–Trinajstić information content (AvgIpc) is 2.39. The molecule has 0 saturated heterocycles. The molecule has 0 heterocycles. The third-order valence-corrected chi connectivity index (χ3v) is 4.72. The van der Waals surface area contributed by atoms with Crippen LogP contribution < -0.4 is 0 Å². The van der Waals surface area contributed by atoms with Gasteiger partial charge in [0.25, 0.3) is 0 Å². The molecule has 0 amide bonds. The summed E-state index contributed by atoms with van der Waals surface area (Å²) in [5.41, 5.74) is 1.15. The Bertz CT molecular complexity index is 364. The van der Waals surface area contributed by atoms with Crippen LogP contribution in [0.1, 0.15) is 51.5 Å². The molecule has 0 radical (unpaired) electrons. The maximum Gasteiger partial charge on any atom is 0.123 e. The minimum atomic E-state index is -0.102. The van der Waals surface area contributed by atoms with Crippen molar-refractivity contribution in [2.75, 3.05) is 0 Å². The first-order valence-corrected chi connectivity index (χ1v) is 7.43. The number of rotatable bonds is 4. The van der Waals surface area contributed by atoms with Gasteiger partial charge in [-0.15, -0.1) is 0 Å². The zero-order chi connectivity index (χ0) is 13.0. The third kappa shape index (κ3) is 3.57. The molecule has 0 aliphatic heterocycles. The molecule has 1 aromatic rings. The Kier molecular flexibility index (Phi) is 4.79. The Balaban J connectivity index is 1.87. The molecule has 0 spiro atoms. The van der Waals surface area contributed by atoms with Gasteiger partial charge in [-0.25, -0.2) is 4.39 Å². The van der Waals surface area contributed by atoms with Crippen LogP contribution in [0.4, 0.5) is 4.39 Å². The molecule has 1 aliphatic carbocycles. The van der Waals surface area contributed by atoms with Crippen molar-refractivity contribution in [2.45, 2.75) is 52.4 Å². The molecule has 1 fully saturated rings. The SMILES string of the molecule is CCC1CCC(C(C)Cc2cccc(F)c2)CC1. The summed E-state index contributed by atoms with van der Waals surface area (Å²) in [5.74, 6) is 2.39. The molecule has 0 aromatic heterocycles. The zero-order valence-corrected chi connectivity index (χ0v) is 11.7. The Morgan fingerprint density at radius 1 is 1.22 bits per heavy atom. The second kappa shape index (κ2) is 6.36. The predicted octanol–water partition coefficient (Wildman–Crippen LogP) is 5.22. The molecule has 0 nitrogen and oxygen atoms in total. The molecule has 18 heavy (non-hydrogen) atoms. The summed E-state index contributed by atoms with van der Waals surface area (Å²) in [7, 11) is 0. The van der Waals surface area contributed by atoms with Crippen molar-refractivity contribution in [3.8, 4) is 0 Å². The number of hydrogen-bond donors (Lipinski definition) is 0. The van der Waals surface area contributed by atoms with E-state index in [-0.39, 0.29) is 5.82 Å². The monoisotopic (exact) mass is 248 g/mol. The minimum Gasteiger partial charge on any atom is -0.207 e. The van der Waals surface area contributed by atoms with Gasteiger partial charge in [0, 0.05) is 0 Å². The fourth-order valence-electron chi connectivity index (χ4n) is 3.37. The van der Waals surface area contributed by atoms with Crippen LogP contribution in [0.3, 0.4) is 0 Å². The molecular formula is C17H25F. The lowest BCUT2D eigenvalue weighted by atomic mass is 9.74. The average molecular weight is 248 g/mol. The highest BCUT2D eigenvalue weighted by atomic mass is 19.1. The first kappa shape index (κ1) is 13.6. The quantitative estimate of drug-likeness (QED) is 0.685. The van der Waals surface area contributed by atoms with E-state index in [1.165, 1.54) is 38.2 Å². The normalized spacial score (nSPS) is 25.9. The number of halogens is 1. The van der Waals surface area contributed by atoms with E-state index in [2.05, 4.69) is 19.9 Å². The molecular weight excluding hydrogens is 223 g/mol. The van der Waals surface area contributed by atoms with Crippen molar-refractivity contribution in [1.29, 1.82) is 0 Å². The van der Waals surface area contributed by atoms with Crippen molar-refractivity contribution in [2.24, 2.45) is 17.8 Å². The molecule has 1 aliphatic rings. The highest BCUT2D eigenvalue weighted by molar-refractivity contribution is 5.16. The van der Waals surface area contributed by atoms with Crippen LogP contribution in [0.5, 0.6) is 0 Å². The van der Waals surface area contributed by atoms with Crippen LogP contribution in [-0.4, -0.2) is 0 Å². The smallest absolute Gasteiger partial charge is 0.123 e. The predicted molar refractivity (Wildman–Crippen MR) is 75.0 cm³/mol. The lowest BCUT2D eigenvalue weighted by molar-refractivity contribution is 0.210. The summed E-state index contributed by atoms with van der Waals surface area (Å²) >= 11 is 0. The largest absolute Gasteiger partial charge is 0.207 e. The Morgan fingerprint density at radius 3 is 2.56 bits per heavy atom. The van der Waals surface area contributed by atoms with Crippen LogP contribution in [0, 0.1) is 23.6 Å². The summed E-state index contributed by atoms with van der Waals surface area (Å²) in [4.78, 5) is 0. The van der Waals surface area contributed by atoms with Gasteiger partial charge < -0.3 is 0 Å². The number of hydrogen-bond acceptors (Lipinski definition) is 0. The lowest BCUT2D eigenvalue weighted by Crippen LogP contribution is -2.21. The summed E-state index contributed by atoms with van der Waals surface area (Å²) < 4.78 is 13.2. The van der Waals surface area contributed by atoms with E-state index < -0.39 is 0 Å². The zero-order valence-electron chi connectivity index (χ0n) is 11.7. The van der Waals surface area contributed by atoms with Gasteiger partial charge in [-0.2, -0.15) is 0 Å². The molecule has 2 rings (SSSR count). The van der Waals surface area contributed by atoms with E-state index in [1.807, 2.05) is 6.07 Å². The van der Waals surface area contributed by atoms with E-state index in [9.17, 15) is 4.39 Å². The van der Waals surface area contributed by atoms with E-state index in [0.717, 1.165) is 23.8 Å². The summed E-state index contributed by atoms with van der Waals surface area (Å²) in [5, 5.41) is 0. The maximum absolute atomic E-state index is 13.2. The summed E-state index contributed by atoms with van der Waals surface area (Å²) in [6.45, 7) is 4.64. The van der Waals surface area contributed by atoms with Gasteiger partial charge in [0.2, 0.25) is 0 Å². The van der Waals surface area contributed by atoms with Crippen molar-refractivity contribution in [3.05, 3.63) is 35.6 Å². The molecule has 1 atom stereocenters. The van der Waals surface area contributed by atoms with Gasteiger partial charge in [0.15, 0.2) is 0 Å². The first-order valence-electron chi connectivity index (χ1n) is 7.43. The van der Waals surface area contributed by atoms with Gasteiger partial charge in [-0.1, -0.05) is 45.2 Å². The van der Waals surface area contributed by atoms with Crippen LogP contribution in [0.25, 0.3) is 0 Å². The topological polar surface area (TPSA) is 0 Å². The van der Waals surface area contributed by atoms with Gasteiger partial charge >= 0.3 is 0 Å². The summed E-state index contributed by atoms with van der Waals surface area (Å²) in [6, 6.07) is 7.09. The van der Waals surface area contributed by atoms with E-state index in [0.29, 0.717) is 5.92 Å². The van der Waals surface area contributed by atoms with Crippen molar-refractivity contribution in [1.82, 2.24) is 0 Å².